The zero-order valence-electron chi connectivity index (χ0n) is 10.6. The highest BCUT2D eigenvalue weighted by molar-refractivity contribution is 5.27. The van der Waals surface area contributed by atoms with E-state index < -0.39 is 0 Å². The van der Waals surface area contributed by atoms with E-state index in [9.17, 15) is 0 Å². The van der Waals surface area contributed by atoms with Gasteiger partial charge in [-0.05, 0) is 43.8 Å². The molecule has 1 N–H and O–H groups in total. The summed E-state index contributed by atoms with van der Waals surface area (Å²) in [5, 5.41) is 3.13. The van der Waals surface area contributed by atoms with Gasteiger partial charge in [-0.25, -0.2) is 0 Å². The molecule has 0 fully saturated rings. The van der Waals surface area contributed by atoms with Crippen molar-refractivity contribution in [3.05, 3.63) is 42.0 Å². The molecule has 0 aliphatic rings. The largest absolute Gasteiger partial charge is 0.490 e. The van der Waals surface area contributed by atoms with Gasteiger partial charge in [-0.2, -0.15) is 0 Å². The minimum Gasteiger partial charge on any atom is -0.490 e. The van der Waals surface area contributed by atoms with Crippen LogP contribution in [0.25, 0.3) is 0 Å². The number of nitrogens with one attached hydrogen (secondary N) is 1. The van der Waals surface area contributed by atoms with Crippen LogP contribution in [0.2, 0.25) is 0 Å². The number of methoxy groups -OCH3 is 1. The Balaban J connectivity index is 2.30. The molecule has 0 radical (unpaired) electrons. The SMILES string of the molecule is CNCCc1ccc(OC/C=C\COC)cc1. The van der Waals surface area contributed by atoms with Crippen molar-refractivity contribution in [1.29, 1.82) is 0 Å². The monoisotopic (exact) mass is 235 g/mol. The second-order valence-corrected chi connectivity index (χ2v) is 3.74. The fraction of sp³-hybridized carbons (Fsp3) is 0.429. The first-order chi connectivity index (χ1) is 8.36. The van der Waals surface area contributed by atoms with Crippen LogP contribution in [0, 0.1) is 0 Å². The minimum atomic E-state index is 0.583. The molecular weight excluding hydrogens is 214 g/mol. The Labute approximate surface area is 103 Å². The van der Waals surface area contributed by atoms with E-state index in [0.717, 1.165) is 18.7 Å². The van der Waals surface area contributed by atoms with Gasteiger partial charge in [0, 0.05) is 7.11 Å². The minimum absolute atomic E-state index is 0.583. The van der Waals surface area contributed by atoms with Crippen LogP contribution in [0.4, 0.5) is 0 Å². The van der Waals surface area contributed by atoms with Crippen molar-refractivity contribution in [1.82, 2.24) is 5.32 Å². The van der Waals surface area contributed by atoms with E-state index >= 15 is 0 Å². The summed E-state index contributed by atoms with van der Waals surface area (Å²) in [6, 6.07) is 8.22. The summed E-state index contributed by atoms with van der Waals surface area (Å²) < 4.78 is 10.5. The average Bonchev–Trinajstić information content (AvgIpc) is 2.37. The molecule has 1 aromatic carbocycles. The first-order valence-corrected chi connectivity index (χ1v) is 5.87. The Bertz CT molecular complexity index is 319. The van der Waals surface area contributed by atoms with Gasteiger partial charge in [0.1, 0.15) is 12.4 Å². The lowest BCUT2D eigenvalue weighted by Crippen LogP contribution is -2.10. The normalized spacial score (nSPS) is 10.9. The molecule has 3 nitrogen and oxygen atoms in total. The third-order valence-corrected chi connectivity index (χ3v) is 2.36. The van der Waals surface area contributed by atoms with Crippen molar-refractivity contribution < 1.29 is 9.47 Å². The van der Waals surface area contributed by atoms with E-state index in [-0.39, 0.29) is 0 Å². The average molecular weight is 235 g/mol. The van der Waals surface area contributed by atoms with Crippen LogP contribution in [0.5, 0.6) is 5.75 Å². The summed E-state index contributed by atoms with van der Waals surface area (Å²) in [4.78, 5) is 0. The summed E-state index contributed by atoms with van der Waals surface area (Å²) in [7, 11) is 3.64. The number of ether oxygens (including phenoxy) is 2. The fourth-order valence-corrected chi connectivity index (χ4v) is 1.40. The smallest absolute Gasteiger partial charge is 0.119 e. The maximum absolute atomic E-state index is 5.55. The highest BCUT2D eigenvalue weighted by atomic mass is 16.5. The number of benzene rings is 1. The van der Waals surface area contributed by atoms with E-state index in [1.54, 1.807) is 7.11 Å². The summed E-state index contributed by atoms with van der Waals surface area (Å²) in [6.07, 6.45) is 4.95. The molecule has 3 heteroatoms. The van der Waals surface area contributed by atoms with Crippen LogP contribution in [0.3, 0.4) is 0 Å². The zero-order valence-corrected chi connectivity index (χ0v) is 10.6. The van der Waals surface area contributed by atoms with Gasteiger partial charge in [-0.3, -0.25) is 0 Å². The highest BCUT2D eigenvalue weighted by Gasteiger charge is 1.94. The van der Waals surface area contributed by atoms with Crippen molar-refractivity contribution in [2.75, 3.05) is 33.9 Å². The maximum atomic E-state index is 5.55. The zero-order chi connectivity index (χ0) is 12.3. The Morgan fingerprint density at radius 3 is 2.47 bits per heavy atom. The molecule has 0 spiro atoms. The standard InChI is InChI=1S/C14H21NO2/c1-15-10-9-13-5-7-14(8-6-13)17-12-4-3-11-16-2/h3-8,15H,9-12H2,1-2H3/b4-3-. The molecule has 0 unspecified atom stereocenters. The molecule has 0 heterocycles. The molecule has 0 saturated heterocycles. The van der Waals surface area contributed by atoms with E-state index in [2.05, 4.69) is 17.4 Å². The Morgan fingerprint density at radius 1 is 1.12 bits per heavy atom. The van der Waals surface area contributed by atoms with Gasteiger partial charge >= 0.3 is 0 Å². The van der Waals surface area contributed by atoms with Crippen molar-refractivity contribution in [3.63, 3.8) is 0 Å². The molecule has 0 aliphatic carbocycles. The van der Waals surface area contributed by atoms with E-state index in [1.807, 2.05) is 31.3 Å². The van der Waals surface area contributed by atoms with Gasteiger partial charge in [0.05, 0.1) is 6.61 Å². The number of hydrogen-bond acceptors (Lipinski definition) is 3. The molecule has 0 atom stereocenters. The van der Waals surface area contributed by atoms with Gasteiger partial charge < -0.3 is 14.8 Å². The van der Waals surface area contributed by atoms with Gasteiger partial charge in [0.25, 0.3) is 0 Å². The number of hydrogen-bond donors (Lipinski definition) is 1. The Hall–Kier alpha value is -1.32. The lowest BCUT2D eigenvalue weighted by Gasteiger charge is -2.05. The highest BCUT2D eigenvalue weighted by Crippen LogP contribution is 2.12. The van der Waals surface area contributed by atoms with Gasteiger partial charge in [0.15, 0.2) is 0 Å². The predicted molar refractivity (Wildman–Crippen MR) is 70.6 cm³/mol. The van der Waals surface area contributed by atoms with Gasteiger partial charge in [-0.1, -0.05) is 18.2 Å². The molecule has 17 heavy (non-hydrogen) atoms. The van der Waals surface area contributed by atoms with Crippen molar-refractivity contribution >= 4 is 0 Å². The predicted octanol–water partition coefficient (Wildman–Crippen LogP) is 2.03. The van der Waals surface area contributed by atoms with Crippen LogP contribution in [0.1, 0.15) is 5.56 Å². The van der Waals surface area contributed by atoms with Crippen LogP contribution < -0.4 is 10.1 Å². The lowest BCUT2D eigenvalue weighted by atomic mass is 10.1. The van der Waals surface area contributed by atoms with E-state index in [4.69, 9.17) is 9.47 Å². The molecule has 0 amide bonds. The van der Waals surface area contributed by atoms with Crippen molar-refractivity contribution in [3.8, 4) is 5.75 Å². The molecule has 0 bridgehead atoms. The second kappa shape index (κ2) is 8.79. The maximum Gasteiger partial charge on any atom is 0.119 e. The van der Waals surface area contributed by atoms with Gasteiger partial charge in [0.2, 0.25) is 0 Å². The first-order valence-electron chi connectivity index (χ1n) is 5.87. The molecular formula is C14H21NO2. The van der Waals surface area contributed by atoms with E-state index in [1.165, 1.54) is 5.56 Å². The third kappa shape index (κ3) is 6.09. The second-order valence-electron chi connectivity index (χ2n) is 3.74. The fourth-order valence-electron chi connectivity index (χ4n) is 1.40. The van der Waals surface area contributed by atoms with Crippen molar-refractivity contribution in [2.24, 2.45) is 0 Å². The van der Waals surface area contributed by atoms with E-state index in [0.29, 0.717) is 13.2 Å². The topological polar surface area (TPSA) is 30.5 Å². The molecule has 0 saturated carbocycles. The summed E-state index contributed by atoms with van der Waals surface area (Å²) in [5.74, 6) is 0.903. The van der Waals surface area contributed by atoms with Crippen LogP contribution >= 0.6 is 0 Å². The molecule has 0 aliphatic heterocycles. The molecule has 94 valence electrons. The Kier molecular flexibility index (Phi) is 7.11. The number of rotatable bonds is 8. The summed E-state index contributed by atoms with van der Waals surface area (Å²) in [5.41, 5.74) is 1.32. The Morgan fingerprint density at radius 2 is 1.82 bits per heavy atom. The molecule has 1 rings (SSSR count). The quantitative estimate of drug-likeness (QED) is 0.699. The summed E-state index contributed by atoms with van der Waals surface area (Å²) >= 11 is 0. The first kappa shape index (κ1) is 13.7. The third-order valence-electron chi connectivity index (χ3n) is 2.36. The van der Waals surface area contributed by atoms with Crippen LogP contribution in [-0.2, 0) is 11.2 Å². The van der Waals surface area contributed by atoms with Crippen LogP contribution in [-0.4, -0.2) is 33.9 Å². The number of likely N-dealkylation sites (N-methyl/N-ethyl adjacent to an activating group) is 1. The lowest BCUT2D eigenvalue weighted by molar-refractivity contribution is 0.233. The van der Waals surface area contributed by atoms with Crippen molar-refractivity contribution in [2.45, 2.75) is 6.42 Å². The molecule has 0 aromatic heterocycles. The van der Waals surface area contributed by atoms with Gasteiger partial charge in [-0.15, -0.1) is 0 Å². The molecule has 1 aromatic rings. The van der Waals surface area contributed by atoms with Crippen LogP contribution in [0.15, 0.2) is 36.4 Å². The summed E-state index contributed by atoms with van der Waals surface area (Å²) in [6.45, 7) is 2.21.